The molecule has 1 aliphatic heterocycles. The second-order valence-corrected chi connectivity index (χ2v) is 7.43. The molecule has 1 fully saturated rings. The van der Waals surface area contributed by atoms with Crippen molar-refractivity contribution in [1.82, 2.24) is 4.31 Å². The van der Waals surface area contributed by atoms with Gasteiger partial charge in [0.2, 0.25) is 10.0 Å². The second kappa shape index (κ2) is 6.43. The van der Waals surface area contributed by atoms with Gasteiger partial charge in [-0.2, -0.15) is 4.31 Å². The van der Waals surface area contributed by atoms with E-state index in [1.165, 1.54) is 6.07 Å². The maximum atomic E-state index is 12.7. The van der Waals surface area contributed by atoms with E-state index < -0.39 is 10.0 Å². The molecular weight excluding hydrogens is 296 g/mol. The molecule has 1 aromatic rings. The Kier molecular flexibility index (Phi) is 5.07. The van der Waals surface area contributed by atoms with Crippen molar-refractivity contribution in [1.29, 1.82) is 0 Å². The van der Waals surface area contributed by atoms with Gasteiger partial charge >= 0.3 is 0 Å². The second-order valence-electron chi connectivity index (χ2n) is 5.13. The summed E-state index contributed by atoms with van der Waals surface area (Å²) in [7, 11) is -3.46. The third-order valence-corrected chi connectivity index (χ3v) is 6.20. The summed E-state index contributed by atoms with van der Waals surface area (Å²) in [6.07, 6.45) is 3.79. The number of piperidine rings is 1. The zero-order valence-corrected chi connectivity index (χ0v) is 13.3. The minimum absolute atomic E-state index is 0.0988. The summed E-state index contributed by atoms with van der Waals surface area (Å²) in [5, 5.41) is 0.415. The van der Waals surface area contributed by atoms with Crippen LogP contribution in [0.4, 0.5) is 0 Å². The van der Waals surface area contributed by atoms with Gasteiger partial charge in [-0.1, -0.05) is 31.0 Å². The van der Waals surface area contributed by atoms with Crippen molar-refractivity contribution in [3.05, 3.63) is 28.8 Å². The average molecular weight is 317 g/mol. The number of benzene rings is 1. The molecule has 112 valence electrons. The van der Waals surface area contributed by atoms with Crippen LogP contribution in [0, 0.1) is 0 Å². The molecule has 6 heteroatoms. The third kappa shape index (κ3) is 3.01. The van der Waals surface area contributed by atoms with Gasteiger partial charge in [-0.3, -0.25) is 0 Å². The summed E-state index contributed by atoms with van der Waals surface area (Å²) in [6, 6.07) is 4.91. The third-order valence-electron chi connectivity index (χ3n) is 3.90. The molecule has 2 N–H and O–H groups in total. The van der Waals surface area contributed by atoms with Crippen LogP contribution in [-0.4, -0.2) is 25.3 Å². The minimum atomic E-state index is -3.46. The highest BCUT2D eigenvalue weighted by Gasteiger charge is 2.32. The van der Waals surface area contributed by atoms with Gasteiger partial charge in [0.1, 0.15) is 0 Å². The Morgan fingerprint density at radius 2 is 2.15 bits per heavy atom. The van der Waals surface area contributed by atoms with Crippen molar-refractivity contribution >= 4 is 21.6 Å². The van der Waals surface area contributed by atoms with E-state index in [2.05, 4.69) is 0 Å². The van der Waals surface area contributed by atoms with E-state index in [1.807, 2.05) is 6.92 Å². The molecule has 0 radical (unpaired) electrons. The molecule has 1 aliphatic rings. The molecule has 1 unspecified atom stereocenters. The molecule has 0 spiro atoms. The lowest BCUT2D eigenvalue weighted by atomic mass is 10.0. The standard InChI is InChI=1S/C14H21ClN2O2S/c1-2-12-5-3-4-8-17(12)20(18,19)13-7-6-11(10-16)14(15)9-13/h6-7,9,12H,2-5,8,10,16H2,1H3. The number of hydrogen-bond acceptors (Lipinski definition) is 3. The fourth-order valence-corrected chi connectivity index (χ4v) is 4.80. The van der Waals surface area contributed by atoms with E-state index in [0.717, 1.165) is 31.2 Å². The van der Waals surface area contributed by atoms with E-state index in [4.69, 9.17) is 17.3 Å². The normalized spacial score (nSPS) is 21.1. The van der Waals surface area contributed by atoms with Gasteiger partial charge in [-0.25, -0.2) is 8.42 Å². The van der Waals surface area contributed by atoms with Gasteiger partial charge in [0.15, 0.2) is 0 Å². The molecule has 0 aromatic heterocycles. The van der Waals surface area contributed by atoms with E-state index in [0.29, 0.717) is 18.1 Å². The summed E-state index contributed by atoms with van der Waals surface area (Å²) in [4.78, 5) is 0.264. The maximum absolute atomic E-state index is 12.7. The highest BCUT2D eigenvalue weighted by molar-refractivity contribution is 7.89. The molecule has 4 nitrogen and oxygen atoms in total. The first kappa shape index (κ1) is 15.8. The van der Waals surface area contributed by atoms with Gasteiger partial charge in [-0.15, -0.1) is 0 Å². The maximum Gasteiger partial charge on any atom is 0.243 e. The van der Waals surface area contributed by atoms with Gasteiger partial charge in [0, 0.05) is 24.2 Å². The summed E-state index contributed by atoms with van der Waals surface area (Å²) >= 11 is 6.08. The molecule has 1 saturated heterocycles. The number of hydrogen-bond donors (Lipinski definition) is 1. The van der Waals surface area contributed by atoms with Crippen molar-refractivity contribution in [2.24, 2.45) is 5.73 Å². The largest absolute Gasteiger partial charge is 0.326 e. The first-order valence-corrected chi connectivity index (χ1v) is 8.82. The molecular formula is C14H21ClN2O2S. The lowest BCUT2D eigenvalue weighted by molar-refractivity contribution is 0.246. The van der Waals surface area contributed by atoms with E-state index >= 15 is 0 Å². The van der Waals surface area contributed by atoms with Crippen molar-refractivity contribution in [2.75, 3.05) is 6.54 Å². The zero-order valence-electron chi connectivity index (χ0n) is 11.7. The van der Waals surface area contributed by atoms with E-state index in [1.54, 1.807) is 16.4 Å². The van der Waals surface area contributed by atoms with Crippen LogP contribution in [0.5, 0.6) is 0 Å². The number of sulfonamides is 1. The van der Waals surface area contributed by atoms with E-state index in [9.17, 15) is 8.42 Å². The van der Waals surface area contributed by atoms with Crippen LogP contribution in [0.2, 0.25) is 5.02 Å². The fraction of sp³-hybridized carbons (Fsp3) is 0.571. The Labute approximate surface area is 126 Å². The zero-order chi connectivity index (χ0) is 14.8. The first-order chi connectivity index (χ1) is 9.50. The fourth-order valence-electron chi connectivity index (χ4n) is 2.69. The van der Waals surface area contributed by atoms with Crippen molar-refractivity contribution in [2.45, 2.75) is 50.1 Å². The number of halogens is 1. The molecule has 2 rings (SSSR count). The van der Waals surface area contributed by atoms with E-state index in [-0.39, 0.29) is 10.9 Å². The number of rotatable bonds is 4. The molecule has 0 bridgehead atoms. The van der Waals surface area contributed by atoms with Crippen LogP contribution in [-0.2, 0) is 16.6 Å². The van der Waals surface area contributed by atoms with Crippen molar-refractivity contribution in [3.63, 3.8) is 0 Å². The van der Waals surface area contributed by atoms with Gasteiger partial charge in [0.25, 0.3) is 0 Å². The lowest BCUT2D eigenvalue weighted by Crippen LogP contribution is -2.43. The SMILES string of the molecule is CCC1CCCCN1S(=O)(=O)c1ccc(CN)c(Cl)c1. The Hall–Kier alpha value is -0.620. The minimum Gasteiger partial charge on any atom is -0.326 e. The summed E-state index contributed by atoms with van der Waals surface area (Å²) in [5.41, 5.74) is 6.31. The Morgan fingerprint density at radius 3 is 2.75 bits per heavy atom. The van der Waals surface area contributed by atoms with Crippen molar-refractivity contribution in [3.8, 4) is 0 Å². The van der Waals surface area contributed by atoms with Crippen LogP contribution in [0.3, 0.4) is 0 Å². The smallest absolute Gasteiger partial charge is 0.243 e. The summed E-state index contributed by atoms with van der Waals surface area (Å²) < 4.78 is 27.1. The van der Waals surface area contributed by atoms with Crippen LogP contribution in [0.15, 0.2) is 23.1 Å². The molecule has 1 aromatic carbocycles. The van der Waals surface area contributed by atoms with Crippen LogP contribution in [0.1, 0.15) is 38.2 Å². The average Bonchev–Trinajstić information content (AvgIpc) is 2.47. The number of nitrogens with two attached hydrogens (primary N) is 1. The quantitative estimate of drug-likeness (QED) is 0.929. The van der Waals surface area contributed by atoms with Crippen LogP contribution >= 0.6 is 11.6 Å². The van der Waals surface area contributed by atoms with Crippen LogP contribution < -0.4 is 5.73 Å². The Balaban J connectivity index is 2.36. The monoisotopic (exact) mass is 316 g/mol. The van der Waals surface area contributed by atoms with Crippen LogP contribution in [0.25, 0.3) is 0 Å². The first-order valence-electron chi connectivity index (χ1n) is 7.01. The van der Waals surface area contributed by atoms with Gasteiger partial charge in [-0.05, 0) is 37.0 Å². The lowest BCUT2D eigenvalue weighted by Gasteiger charge is -2.34. The molecule has 1 atom stereocenters. The summed E-state index contributed by atoms with van der Waals surface area (Å²) in [5.74, 6) is 0. The van der Waals surface area contributed by atoms with Gasteiger partial charge in [0.05, 0.1) is 4.90 Å². The van der Waals surface area contributed by atoms with Gasteiger partial charge < -0.3 is 5.73 Å². The molecule has 0 saturated carbocycles. The predicted octanol–water partition coefficient (Wildman–Crippen LogP) is 2.75. The Morgan fingerprint density at radius 1 is 1.40 bits per heavy atom. The summed E-state index contributed by atoms with van der Waals surface area (Å²) in [6.45, 7) is 2.93. The predicted molar refractivity (Wildman–Crippen MR) is 81.2 cm³/mol. The Bertz CT molecular complexity index is 575. The molecule has 0 amide bonds. The highest BCUT2D eigenvalue weighted by atomic mass is 35.5. The topological polar surface area (TPSA) is 63.4 Å². The highest BCUT2D eigenvalue weighted by Crippen LogP contribution is 2.29. The molecule has 1 heterocycles. The molecule has 20 heavy (non-hydrogen) atoms. The number of nitrogens with zero attached hydrogens (tertiary/aromatic N) is 1. The molecule has 0 aliphatic carbocycles. The van der Waals surface area contributed by atoms with Crippen molar-refractivity contribution < 1.29 is 8.42 Å².